The highest BCUT2D eigenvalue weighted by molar-refractivity contribution is 5.92. The Kier molecular flexibility index (Phi) is 3.07. The minimum atomic E-state index is -0.191. The number of carbonyl (C=O) groups is 1. The molecule has 2 heterocycles. The molecule has 1 saturated heterocycles. The zero-order valence-electron chi connectivity index (χ0n) is 11.0. The molecule has 0 saturated carbocycles. The zero-order chi connectivity index (χ0) is 13.3. The lowest BCUT2D eigenvalue weighted by Crippen LogP contribution is -2.45. The van der Waals surface area contributed by atoms with Crippen LogP contribution in [-0.2, 0) is 5.41 Å². The average molecular weight is 246 g/mol. The van der Waals surface area contributed by atoms with E-state index in [0.717, 1.165) is 17.8 Å². The Balaban J connectivity index is 2.20. The molecule has 1 aliphatic heterocycles. The van der Waals surface area contributed by atoms with Crippen molar-refractivity contribution in [3.05, 3.63) is 30.4 Å². The van der Waals surface area contributed by atoms with Gasteiger partial charge in [0.05, 0.1) is 18.1 Å². The number of amides is 2. The summed E-state index contributed by atoms with van der Waals surface area (Å²) < 4.78 is 0. The van der Waals surface area contributed by atoms with Gasteiger partial charge in [0.2, 0.25) is 0 Å². The van der Waals surface area contributed by atoms with Crippen molar-refractivity contribution in [3.8, 4) is 0 Å². The van der Waals surface area contributed by atoms with Crippen molar-refractivity contribution < 1.29 is 4.79 Å². The third kappa shape index (κ3) is 2.50. The number of urea groups is 1. The van der Waals surface area contributed by atoms with E-state index in [1.54, 1.807) is 17.3 Å². The van der Waals surface area contributed by atoms with E-state index in [9.17, 15) is 4.79 Å². The van der Waals surface area contributed by atoms with Gasteiger partial charge in [-0.25, -0.2) is 9.78 Å². The second kappa shape index (κ2) is 4.40. The van der Waals surface area contributed by atoms with E-state index in [0.29, 0.717) is 12.4 Å². The van der Waals surface area contributed by atoms with E-state index >= 15 is 0 Å². The van der Waals surface area contributed by atoms with Crippen molar-refractivity contribution in [2.75, 3.05) is 11.4 Å². The Bertz CT molecular complexity index is 473. The van der Waals surface area contributed by atoms with Gasteiger partial charge in [-0.05, 0) is 0 Å². The molecule has 18 heavy (non-hydrogen) atoms. The third-order valence-corrected chi connectivity index (χ3v) is 2.85. The smallest absolute Gasteiger partial charge is 0.312 e. The molecule has 5 nitrogen and oxygen atoms in total. The van der Waals surface area contributed by atoms with Gasteiger partial charge >= 0.3 is 6.03 Å². The van der Waals surface area contributed by atoms with Crippen LogP contribution in [0.4, 0.5) is 10.6 Å². The minimum Gasteiger partial charge on any atom is -0.312 e. The fraction of sp³-hybridized carbons (Fsp3) is 0.462. The lowest BCUT2D eigenvalue weighted by atomic mass is 9.93. The Hall–Kier alpha value is -1.91. The molecule has 1 aromatic heterocycles. The minimum absolute atomic E-state index is 0.0377. The highest BCUT2D eigenvalue weighted by Gasteiger charge is 2.23. The average Bonchev–Trinajstić information content (AvgIpc) is 2.28. The number of nitrogens with one attached hydrogen (secondary N) is 1. The molecule has 2 amide bonds. The first kappa shape index (κ1) is 12.5. The van der Waals surface area contributed by atoms with Gasteiger partial charge in [-0.1, -0.05) is 27.4 Å². The monoisotopic (exact) mass is 246 g/mol. The summed E-state index contributed by atoms with van der Waals surface area (Å²) in [4.78, 5) is 22.0. The van der Waals surface area contributed by atoms with E-state index in [1.165, 1.54) is 0 Å². The molecule has 1 aliphatic rings. The molecule has 1 fully saturated rings. The second-order valence-corrected chi connectivity index (χ2v) is 5.45. The van der Waals surface area contributed by atoms with Gasteiger partial charge < -0.3 is 5.32 Å². The molecule has 0 bridgehead atoms. The SMILES string of the molecule is C=C1CCN(c2cnc(C(C)(C)C)cn2)C(=O)N1. The fourth-order valence-electron chi connectivity index (χ4n) is 1.70. The van der Waals surface area contributed by atoms with Crippen LogP contribution in [0.25, 0.3) is 0 Å². The summed E-state index contributed by atoms with van der Waals surface area (Å²) in [6.07, 6.45) is 4.11. The van der Waals surface area contributed by atoms with E-state index in [-0.39, 0.29) is 11.4 Å². The van der Waals surface area contributed by atoms with Gasteiger partial charge in [0, 0.05) is 24.1 Å². The quantitative estimate of drug-likeness (QED) is 0.826. The first-order valence-corrected chi connectivity index (χ1v) is 5.97. The molecule has 0 unspecified atom stereocenters. The molecule has 0 aliphatic carbocycles. The Morgan fingerprint density at radius 3 is 2.56 bits per heavy atom. The van der Waals surface area contributed by atoms with Gasteiger partial charge in [-0.2, -0.15) is 0 Å². The van der Waals surface area contributed by atoms with E-state index < -0.39 is 0 Å². The van der Waals surface area contributed by atoms with Gasteiger partial charge in [-0.15, -0.1) is 0 Å². The molecular formula is C13H18N4O. The van der Waals surface area contributed by atoms with E-state index in [2.05, 4.69) is 42.6 Å². The maximum atomic E-state index is 11.8. The van der Waals surface area contributed by atoms with Crippen LogP contribution in [0, 0.1) is 0 Å². The topological polar surface area (TPSA) is 58.1 Å². The largest absolute Gasteiger partial charge is 0.327 e. The zero-order valence-corrected chi connectivity index (χ0v) is 11.0. The predicted molar refractivity (Wildman–Crippen MR) is 70.4 cm³/mol. The van der Waals surface area contributed by atoms with Gasteiger partial charge in [0.1, 0.15) is 0 Å². The van der Waals surface area contributed by atoms with Crippen molar-refractivity contribution in [2.24, 2.45) is 0 Å². The summed E-state index contributed by atoms with van der Waals surface area (Å²) in [6, 6.07) is -0.191. The van der Waals surface area contributed by atoms with Crippen LogP contribution in [0.1, 0.15) is 32.9 Å². The summed E-state index contributed by atoms with van der Waals surface area (Å²) in [5.41, 5.74) is 1.62. The number of carbonyl (C=O) groups excluding carboxylic acids is 1. The number of anilines is 1. The number of nitrogens with zero attached hydrogens (tertiary/aromatic N) is 3. The Morgan fingerprint density at radius 2 is 2.06 bits per heavy atom. The van der Waals surface area contributed by atoms with Crippen LogP contribution in [0.5, 0.6) is 0 Å². The molecular weight excluding hydrogens is 228 g/mol. The number of hydrogen-bond acceptors (Lipinski definition) is 3. The standard InChI is InChI=1S/C13H18N4O/c1-9-5-6-17(12(18)16-9)11-8-14-10(7-15-11)13(2,3)4/h7-8H,1,5-6H2,2-4H3,(H,16,18). The van der Waals surface area contributed by atoms with Gasteiger partial charge in [0.25, 0.3) is 0 Å². The van der Waals surface area contributed by atoms with Crippen LogP contribution in [0.2, 0.25) is 0 Å². The summed E-state index contributed by atoms with van der Waals surface area (Å²) >= 11 is 0. The number of aromatic nitrogens is 2. The number of rotatable bonds is 1. The first-order valence-electron chi connectivity index (χ1n) is 5.97. The van der Waals surface area contributed by atoms with E-state index in [1.807, 2.05) is 0 Å². The van der Waals surface area contributed by atoms with Gasteiger partial charge in [0.15, 0.2) is 5.82 Å². The van der Waals surface area contributed by atoms with E-state index in [4.69, 9.17) is 0 Å². The second-order valence-electron chi connectivity index (χ2n) is 5.45. The maximum absolute atomic E-state index is 11.8. The third-order valence-electron chi connectivity index (χ3n) is 2.85. The summed E-state index contributed by atoms with van der Waals surface area (Å²) in [5, 5.41) is 2.70. The number of hydrogen-bond donors (Lipinski definition) is 1. The first-order chi connectivity index (χ1) is 8.38. The molecule has 0 spiro atoms. The normalized spacial score (nSPS) is 16.7. The molecule has 0 radical (unpaired) electrons. The maximum Gasteiger partial charge on any atom is 0.327 e. The predicted octanol–water partition coefficient (Wildman–Crippen LogP) is 2.21. The summed E-state index contributed by atoms with van der Waals surface area (Å²) in [7, 11) is 0. The van der Waals surface area contributed by atoms with Crippen molar-refractivity contribution in [3.63, 3.8) is 0 Å². The van der Waals surface area contributed by atoms with Crippen LogP contribution in [0.15, 0.2) is 24.7 Å². The molecule has 2 rings (SSSR count). The summed E-state index contributed by atoms with van der Waals surface area (Å²) in [6.45, 7) is 10.6. The van der Waals surface area contributed by atoms with Crippen molar-refractivity contribution in [1.82, 2.24) is 15.3 Å². The van der Waals surface area contributed by atoms with Crippen LogP contribution >= 0.6 is 0 Å². The Morgan fingerprint density at radius 1 is 1.33 bits per heavy atom. The lowest BCUT2D eigenvalue weighted by molar-refractivity contribution is 0.246. The van der Waals surface area contributed by atoms with Crippen LogP contribution in [0.3, 0.4) is 0 Å². The van der Waals surface area contributed by atoms with Gasteiger partial charge in [-0.3, -0.25) is 9.88 Å². The van der Waals surface area contributed by atoms with Crippen LogP contribution in [-0.4, -0.2) is 22.5 Å². The highest BCUT2D eigenvalue weighted by atomic mass is 16.2. The molecule has 96 valence electrons. The molecule has 1 aromatic rings. The summed E-state index contributed by atoms with van der Waals surface area (Å²) in [5.74, 6) is 0.577. The Labute approximate surface area is 107 Å². The van der Waals surface area contributed by atoms with Crippen molar-refractivity contribution in [2.45, 2.75) is 32.6 Å². The fourth-order valence-corrected chi connectivity index (χ4v) is 1.70. The molecule has 0 atom stereocenters. The highest BCUT2D eigenvalue weighted by Crippen LogP contribution is 2.21. The molecule has 0 aromatic carbocycles. The molecule has 1 N–H and O–H groups in total. The van der Waals surface area contributed by atoms with Crippen molar-refractivity contribution in [1.29, 1.82) is 0 Å². The lowest BCUT2D eigenvalue weighted by Gasteiger charge is -2.28. The van der Waals surface area contributed by atoms with Crippen molar-refractivity contribution >= 4 is 11.8 Å². The van der Waals surface area contributed by atoms with Crippen LogP contribution < -0.4 is 10.2 Å². The molecule has 5 heteroatoms.